The maximum atomic E-state index is 9.07. The largest absolute Gasteiger partial charge is 0.395 e. The summed E-state index contributed by atoms with van der Waals surface area (Å²) in [7, 11) is 0. The van der Waals surface area contributed by atoms with Gasteiger partial charge >= 0.3 is 0 Å². The van der Waals surface area contributed by atoms with Crippen molar-refractivity contribution in [2.24, 2.45) is 0 Å². The van der Waals surface area contributed by atoms with Crippen LogP contribution in [0.5, 0.6) is 0 Å². The Bertz CT molecular complexity index is 616. The number of hydrogen-bond donors (Lipinski definition) is 3. The first-order valence-corrected chi connectivity index (χ1v) is 7.85. The average molecular weight is 298 g/mol. The average Bonchev–Trinajstić information content (AvgIpc) is 2.79. The van der Waals surface area contributed by atoms with Crippen LogP contribution < -0.4 is 10.6 Å². The first kappa shape index (κ1) is 14.9. The van der Waals surface area contributed by atoms with Crippen molar-refractivity contribution in [2.75, 3.05) is 31.6 Å². The number of nitrogens with one attached hydrogen (secondary N) is 2. The van der Waals surface area contributed by atoms with Crippen LogP contribution in [0.3, 0.4) is 0 Å². The highest BCUT2D eigenvalue weighted by Crippen LogP contribution is 2.20. The molecule has 1 aromatic heterocycles. The zero-order chi connectivity index (χ0) is 15.2. The molecular weight excluding hydrogens is 276 g/mol. The van der Waals surface area contributed by atoms with E-state index in [4.69, 9.17) is 15.1 Å². The Kier molecular flexibility index (Phi) is 4.98. The molecule has 1 aliphatic rings. The zero-order valence-electron chi connectivity index (χ0n) is 12.7. The molecule has 3 N–H and O–H groups in total. The minimum Gasteiger partial charge on any atom is -0.395 e. The quantitative estimate of drug-likeness (QED) is 0.773. The first-order chi connectivity index (χ1) is 10.9. The van der Waals surface area contributed by atoms with Gasteiger partial charge in [0.15, 0.2) is 0 Å². The van der Waals surface area contributed by atoms with Gasteiger partial charge in [-0.25, -0.2) is 9.97 Å². The van der Waals surface area contributed by atoms with Crippen LogP contribution in [-0.2, 0) is 19.3 Å². The number of aromatic nitrogens is 2. The van der Waals surface area contributed by atoms with Crippen molar-refractivity contribution in [3.8, 4) is 0 Å². The van der Waals surface area contributed by atoms with Crippen molar-refractivity contribution >= 4 is 5.82 Å². The van der Waals surface area contributed by atoms with Gasteiger partial charge in [0, 0.05) is 31.5 Å². The van der Waals surface area contributed by atoms with Crippen molar-refractivity contribution < 1.29 is 5.11 Å². The third-order valence-corrected chi connectivity index (χ3v) is 3.84. The molecule has 22 heavy (non-hydrogen) atoms. The lowest BCUT2D eigenvalue weighted by molar-refractivity contribution is 0.311. The van der Waals surface area contributed by atoms with E-state index in [9.17, 15) is 0 Å². The molecule has 1 aromatic carbocycles. The molecule has 0 atom stereocenters. The second-order valence-electron chi connectivity index (χ2n) is 5.48. The molecule has 3 rings (SSSR count). The fourth-order valence-electron chi connectivity index (χ4n) is 2.77. The highest BCUT2D eigenvalue weighted by Gasteiger charge is 2.16. The molecular formula is C17H22N4O. The SMILES string of the molecule is OCCNc1nc(Cc2ccccc2)nc2c1CCNCC2. The molecule has 5 nitrogen and oxygen atoms in total. The number of nitrogens with zero attached hydrogens (tertiary/aromatic N) is 2. The van der Waals surface area contributed by atoms with Gasteiger partial charge in [-0.1, -0.05) is 30.3 Å². The van der Waals surface area contributed by atoms with Crippen molar-refractivity contribution in [1.82, 2.24) is 15.3 Å². The predicted molar refractivity (Wildman–Crippen MR) is 87.1 cm³/mol. The summed E-state index contributed by atoms with van der Waals surface area (Å²) in [5.41, 5.74) is 3.53. The van der Waals surface area contributed by atoms with Crippen LogP contribution in [0.15, 0.2) is 30.3 Å². The van der Waals surface area contributed by atoms with Gasteiger partial charge in [-0.3, -0.25) is 0 Å². The second kappa shape index (κ2) is 7.33. The minimum atomic E-state index is 0.102. The summed E-state index contributed by atoms with van der Waals surface area (Å²) < 4.78 is 0. The van der Waals surface area contributed by atoms with E-state index in [1.165, 1.54) is 11.1 Å². The van der Waals surface area contributed by atoms with Gasteiger partial charge in [0.05, 0.1) is 12.3 Å². The lowest BCUT2D eigenvalue weighted by Crippen LogP contribution is -2.16. The molecule has 0 unspecified atom stereocenters. The van der Waals surface area contributed by atoms with Crippen molar-refractivity contribution in [1.29, 1.82) is 0 Å². The Labute approximate surface area is 130 Å². The van der Waals surface area contributed by atoms with E-state index < -0.39 is 0 Å². The highest BCUT2D eigenvalue weighted by molar-refractivity contribution is 5.48. The minimum absolute atomic E-state index is 0.102. The van der Waals surface area contributed by atoms with Gasteiger partial charge in [0.1, 0.15) is 11.6 Å². The molecule has 116 valence electrons. The molecule has 0 bridgehead atoms. The fourth-order valence-corrected chi connectivity index (χ4v) is 2.77. The zero-order valence-corrected chi connectivity index (χ0v) is 12.7. The van der Waals surface area contributed by atoms with Gasteiger partial charge in [-0.2, -0.15) is 0 Å². The van der Waals surface area contributed by atoms with Crippen LogP contribution in [-0.4, -0.2) is 41.3 Å². The van der Waals surface area contributed by atoms with Gasteiger partial charge in [0.2, 0.25) is 0 Å². The molecule has 2 heterocycles. The topological polar surface area (TPSA) is 70.1 Å². The van der Waals surface area contributed by atoms with Gasteiger partial charge in [-0.15, -0.1) is 0 Å². The van der Waals surface area contributed by atoms with E-state index in [-0.39, 0.29) is 6.61 Å². The summed E-state index contributed by atoms with van der Waals surface area (Å²) in [6.07, 6.45) is 2.58. The van der Waals surface area contributed by atoms with E-state index in [0.717, 1.165) is 49.7 Å². The van der Waals surface area contributed by atoms with Crippen molar-refractivity contribution in [2.45, 2.75) is 19.3 Å². The van der Waals surface area contributed by atoms with Crippen molar-refractivity contribution in [3.05, 3.63) is 53.0 Å². The number of benzene rings is 1. The Hall–Kier alpha value is -1.98. The standard InChI is InChI=1S/C17H22N4O/c22-11-10-19-17-14-6-8-18-9-7-15(14)20-16(21-17)12-13-4-2-1-3-5-13/h1-5,18,22H,6-12H2,(H,19,20,21). The molecule has 0 saturated carbocycles. The van der Waals surface area contributed by atoms with Gasteiger partial charge < -0.3 is 15.7 Å². The Morgan fingerprint density at radius 3 is 2.73 bits per heavy atom. The van der Waals surface area contributed by atoms with Gasteiger partial charge in [0.25, 0.3) is 0 Å². The molecule has 0 fully saturated rings. The second-order valence-corrected chi connectivity index (χ2v) is 5.48. The number of aliphatic hydroxyl groups excluding tert-OH is 1. The van der Waals surface area contributed by atoms with Gasteiger partial charge in [-0.05, 0) is 18.5 Å². The number of aliphatic hydroxyl groups is 1. The van der Waals surface area contributed by atoms with Crippen LogP contribution in [0.4, 0.5) is 5.82 Å². The molecule has 0 saturated heterocycles. The number of fused-ring (bicyclic) bond motifs is 1. The van der Waals surface area contributed by atoms with E-state index in [0.29, 0.717) is 6.54 Å². The van der Waals surface area contributed by atoms with E-state index in [2.05, 4.69) is 22.8 Å². The summed E-state index contributed by atoms with van der Waals surface area (Å²) >= 11 is 0. The Morgan fingerprint density at radius 1 is 1.09 bits per heavy atom. The van der Waals surface area contributed by atoms with E-state index in [1.54, 1.807) is 0 Å². The summed E-state index contributed by atoms with van der Waals surface area (Å²) in [5, 5.41) is 15.7. The molecule has 0 spiro atoms. The highest BCUT2D eigenvalue weighted by atomic mass is 16.3. The van der Waals surface area contributed by atoms with Crippen LogP contribution in [0.2, 0.25) is 0 Å². The van der Waals surface area contributed by atoms with Crippen LogP contribution in [0, 0.1) is 0 Å². The molecule has 0 aliphatic carbocycles. The summed E-state index contributed by atoms with van der Waals surface area (Å²) in [4.78, 5) is 9.48. The maximum Gasteiger partial charge on any atom is 0.135 e. The van der Waals surface area contributed by atoms with Crippen molar-refractivity contribution in [3.63, 3.8) is 0 Å². The van der Waals surface area contributed by atoms with Crippen LogP contribution in [0.25, 0.3) is 0 Å². The first-order valence-electron chi connectivity index (χ1n) is 7.85. The predicted octanol–water partition coefficient (Wildman–Crippen LogP) is 1.16. The molecule has 1 aliphatic heterocycles. The Balaban J connectivity index is 1.91. The maximum absolute atomic E-state index is 9.07. The lowest BCUT2D eigenvalue weighted by atomic mass is 10.1. The molecule has 0 radical (unpaired) electrons. The van der Waals surface area contributed by atoms with E-state index in [1.807, 2.05) is 18.2 Å². The van der Waals surface area contributed by atoms with Crippen LogP contribution >= 0.6 is 0 Å². The Morgan fingerprint density at radius 2 is 1.91 bits per heavy atom. The normalized spacial score (nSPS) is 14.2. The molecule has 0 amide bonds. The summed E-state index contributed by atoms with van der Waals surface area (Å²) in [6, 6.07) is 10.3. The lowest BCUT2D eigenvalue weighted by Gasteiger charge is -2.14. The van der Waals surface area contributed by atoms with E-state index >= 15 is 0 Å². The third kappa shape index (κ3) is 3.61. The summed E-state index contributed by atoms with van der Waals surface area (Å²) in [6.45, 7) is 2.52. The monoisotopic (exact) mass is 298 g/mol. The number of hydrogen-bond acceptors (Lipinski definition) is 5. The smallest absolute Gasteiger partial charge is 0.135 e. The molecule has 5 heteroatoms. The number of rotatable bonds is 5. The fraction of sp³-hybridized carbons (Fsp3) is 0.412. The third-order valence-electron chi connectivity index (χ3n) is 3.84. The number of anilines is 1. The molecule has 2 aromatic rings. The van der Waals surface area contributed by atoms with Crippen LogP contribution in [0.1, 0.15) is 22.6 Å². The summed E-state index contributed by atoms with van der Waals surface area (Å²) in [5.74, 6) is 1.72.